The van der Waals surface area contributed by atoms with Crippen LogP contribution in [0.15, 0.2) is 18.5 Å². The molecule has 0 saturated carbocycles. The molecule has 0 atom stereocenters. The Balaban J connectivity index is 2.90. The van der Waals surface area contributed by atoms with E-state index < -0.39 is 0 Å². The Kier molecular flexibility index (Phi) is 1.58. The van der Waals surface area contributed by atoms with E-state index in [-0.39, 0.29) is 0 Å². The Labute approximate surface area is 75.8 Å². The van der Waals surface area contributed by atoms with Crippen LogP contribution in [0.3, 0.4) is 0 Å². The van der Waals surface area contributed by atoms with Crippen LogP contribution in [-0.4, -0.2) is 9.55 Å². The summed E-state index contributed by atoms with van der Waals surface area (Å²) < 4.78 is 2.00. The maximum atomic E-state index is 5.83. The van der Waals surface area contributed by atoms with E-state index in [2.05, 4.69) is 11.9 Å². The summed E-state index contributed by atoms with van der Waals surface area (Å²) in [5, 5.41) is 1.82. The maximum Gasteiger partial charge on any atom is 0.139 e. The van der Waals surface area contributed by atoms with Gasteiger partial charge >= 0.3 is 0 Å². The Bertz CT molecular complexity index is 431. The van der Waals surface area contributed by atoms with E-state index in [1.54, 1.807) is 6.20 Å². The first-order valence-electron chi connectivity index (χ1n) is 3.75. The molecule has 2 aromatic heterocycles. The number of hydrogen-bond acceptors (Lipinski definition) is 1. The molecule has 2 nitrogen and oxygen atoms in total. The van der Waals surface area contributed by atoms with Crippen molar-refractivity contribution in [1.82, 2.24) is 9.55 Å². The SMILES string of the molecule is Cc1cn(C)c2ncc(Cl)cc12. The van der Waals surface area contributed by atoms with Crippen LogP contribution in [0.4, 0.5) is 0 Å². The molecule has 12 heavy (non-hydrogen) atoms. The first kappa shape index (κ1) is 7.62. The zero-order chi connectivity index (χ0) is 8.72. The molecule has 0 aromatic carbocycles. The van der Waals surface area contributed by atoms with E-state index in [9.17, 15) is 0 Å². The van der Waals surface area contributed by atoms with Crippen molar-refractivity contribution < 1.29 is 0 Å². The van der Waals surface area contributed by atoms with Crippen LogP contribution in [-0.2, 0) is 7.05 Å². The number of aryl methyl sites for hydroxylation is 2. The summed E-state index contributed by atoms with van der Waals surface area (Å²) in [7, 11) is 1.98. The number of hydrogen-bond donors (Lipinski definition) is 0. The Morgan fingerprint density at radius 3 is 3.00 bits per heavy atom. The van der Waals surface area contributed by atoms with Gasteiger partial charge in [0.1, 0.15) is 5.65 Å². The predicted molar refractivity (Wildman–Crippen MR) is 50.5 cm³/mol. The summed E-state index contributed by atoms with van der Waals surface area (Å²) in [6.07, 6.45) is 3.72. The Morgan fingerprint density at radius 2 is 2.25 bits per heavy atom. The van der Waals surface area contributed by atoms with Gasteiger partial charge in [-0.05, 0) is 18.6 Å². The van der Waals surface area contributed by atoms with Crippen LogP contribution >= 0.6 is 11.6 Å². The minimum absolute atomic E-state index is 0.691. The fraction of sp³-hybridized carbons (Fsp3) is 0.222. The molecule has 0 N–H and O–H groups in total. The van der Waals surface area contributed by atoms with E-state index in [4.69, 9.17) is 11.6 Å². The van der Waals surface area contributed by atoms with Gasteiger partial charge in [-0.25, -0.2) is 4.98 Å². The van der Waals surface area contributed by atoms with Gasteiger partial charge in [0.15, 0.2) is 0 Å². The topological polar surface area (TPSA) is 17.8 Å². The van der Waals surface area contributed by atoms with Crippen molar-refractivity contribution in [3.63, 3.8) is 0 Å². The van der Waals surface area contributed by atoms with Crippen molar-refractivity contribution in [1.29, 1.82) is 0 Å². The summed E-state index contributed by atoms with van der Waals surface area (Å²) in [5.41, 5.74) is 2.19. The molecule has 0 fully saturated rings. The fourth-order valence-corrected chi connectivity index (χ4v) is 1.58. The largest absolute Gasteiger partial charge is 0.335 e. The molecular weight excluding hydrogens is 172 g/mol. The lowest BCUT2D eigenvalue weighted by molar-refractivity contribution is 0.944. The third kappa shape index (κ3) is 0.994. The number of nitrogens with zero attached hydrogens (tertiary/aromatic N) is 2. The first-order valence-corrected chi connectivity index (χ1v) is 4.13. The molecule has 0 aliphatic heterocycles. The Hall–Kier alpha value is -1.02. The minimum atomic E-state index is 0.691. The average molecular weight is 181 g/mol. The van der Waals surface area contributed by atoms with E-state index in [0.717, 1.165) is 11.0 Å². The van der Waals surface area contributed by atoms with Crippen LogP contribution in [0, 0.1) is 6.92 Å². The quantitative estimate of drug-likeness (QED) is 0.609. The number of halogens is 1. The van der Waals surface area contributed by atoms with Crippen LogP contribution in [0.1, 0.15) is 5.56 Å². The molecule has 3 heteroatoms. The zero-order valence-electron chi connectivity index (χ0n) is 7.00. The summed E-state index contributed by atoms with van der Waals surface area (Å²) in [4.78, 5) is 4.23. The highest BCUT2D eigenvalue weighted by Gasteiger charge is 2.03. The van der Waals surface area contributed by atoms with Gasteiger partial charge in [0, 0.05) is 24.8 Å². The molecular formula is C9H9ClN2. The van der Waals surface area contributed by atoms with Gasteiger partial charge in [0.2, 0.25) is 0 Å². The fourth-order valence-electron chi connectivity index (χ4n) is 1.42. The second-order valence-electron chi connectivity index (χ2n) is 2.95. The van der Waals surface area contributed by atoms with Crippen LogP contribution in [0.2, 0.25) is 5.02 Å². The molecule has 0 aliphatic rings. The molecule has 62 valence electrons. The van der Waals surface area contributed by atoms with Gasteiger partial charge < -0.3 is 4.57 Å². The lowest BCUT2D eigenvalue weighted by Crippen LogP contribution is -1.86. The van der Waals surface area contributed by atoms with Crippen LogP contribution in [0.5, 0.6) is 0 Å². The third-order valence-corrected chi connectivity index (χ3v) is 2.19. The number of rotatable bonds is 0. The van der Waals surface area contributed by atoms with E-state index >= 15 is 0 Å². The molecule has 0 amide bonds. The lowest BCUT2D eigenvalue weighted by atomic mass is 10.2. The van der Waals surface area contributed by atoms with Crippen molar-refractivity contribution in [2.75, 3.05) is 0 Å². The summed E-state index contributed by atoms with van der Waals surface area (Å²) in [6.45, 7) is 2.06. The van der Waals surface area contributed by atoms with Crippen LogP contribution in [0.25, 0.3) is 11.0 Å². The number of pyridine rings is 1. The minimum Gasteiger partial charge on any atom is -0.335 e. The van der Waals surface area contributed by atoms with Crippen LogP contribution < -0.4 is 0 Å². The molecule has 0 radical (unpaired) electrons. The molecule has 0 saturated heterocycles. The maximum absolute atomic E-state index is 5.83. The smallest absolute Gasteiger partial charge is 0.139 e. The molecule has 0 aliphatic carbocycles. The van der Waals surface area contributed by atoms with Gasteiger partial charge in [-0.3, -0.25) is 0 Å². The van der Waals surface area contributed by atoms with Gasteiger partial charge in [0.25, 0.3) is 0 Å². The average Bonchev–Trinajstić information content (AvgIpc) is 2.28. The highest BCUT2D eigenvalue weighted by molar-refractivity contribution is 6.31. The molecule has 2 aromatic rings. The summed E-state index contributed by atoms with van der Waals surface area (Å²) in [6, 6.07) is 1.94. The highest BCUT2D eigenvalue weighted by atomic mass is 35.5. The Morgan fingerprint density at radius 1 is 1.50 bits per heavy atom. The second kappa shape index (κ2) is 2.49. The number of aromatic nitrogens is 2. The van der Waals surface area contributed by atoms with Gasteiger partial charge in [-0.2, -0.15) is 0 Å². The zero-order valence-corrected chi connectivity index (χ0v) is 7.76. The molecule has 0 spiro atoms. The van der Waals surface area contributed by atoms with Crippen molar-refractivity contribution in [3.05, 3.63) is 29.0 Å². The van der Waals surface area contributed by atoms with Crippen molar-refractivity contribution in [3.8, 4) is 0 Å². The summed E-state index contributed by atoms with van der Waals surface area (Å²) in [5.74, 6) is 0. The first-order chi connectivity index (χ1) is 5.68. The van der Waals surface area contributed by atoms with Gasteiger partial charge in [0.05, 0.1) is 5.02 Å². The predicted octanol–water partition coefficient (Wildman–Crippen LogP) is 2.54. The van der Waals surface area contributed by atoms with E-state index in [1.807, 2.05) is 23.9 Å². The highest BCUT2D eigenvalue weighted by Crippen LogP contribution is 2.20. The van der Waals surface area contributed by atoms with Crippen molar-refractivity contribution >= 4 is 22.6 Å². The standard InChI is InChI=1S/C9H9ClN2/c1-6-5-12(2)9-8(6)3-7(10)4-11-9/h3-5H,1-2H3. The molecule has 0 bridgehead atoms. The monoisotopic (exact) mass is 180 g/mol. The summed E-state index contributed by atoms with van der Waals surface area (Å²) >= 11 is 5.83. The van der Waals surface area contributed by atoms with Gasteiger partial charge in [-0.1, -0.05) is 11.6 Å². The number of fused-ring (bicyclic) bond motifs is 1. The van der Waals surface area contributed by atoms with Crippen molar-refractivity contribution in [2.24, 2.45) is 7.05 Å². The van der Waals surface area contributed by atoms with E-state index in [0.29, 0.717) is 5.02 Å². The molecule has 2 heterocycles. The normalized spacial score (nSPS) is 10.9. The van der Waals surface area contributed by atoms with E-state index in [1.165, 1.54) is 5.56 Å². The molecule has 2 rings (SSSR count). The third-order valence-electron chi connectivity index (χ3n) is 1.98. The van der Waals surface area contributed by atoms with Gasteiger partial charge in [-0.15, -0.1) is 0 Å². The second-order valence-corrected chi connectivity index (χ2v) is 3.38. The van der Waals surface area contributed by atoms with Crippen molar-refractivity contribution in [2.45, 2.75) is 6.92 Å². The lowest BCUT2D eigenvalue weighted by Gasteiger charge is -1.94. The molecule has 0 unspecified atom stereocenters.